The number of anilines is 2. The summed E-state index contributed by atoms with van der Waals surface area (Å²) in [5.74, 6) is 0.205. The second kappa shape index (κ2) is 44.0. The summed E-state index contributed by atoms with van der Waals surface area (Å²) in [6.07, 6.45) is -13.1. The fourth-order valence-corrected chi connectivity index (χ4v) is 12.0. The third-order valence-corrected chi connectivity index (χ3v) is 17.0. The quantitative estimate of drug-likeness (QED) is 0.00645. The van der Waals surface area contributed by atoms with Crippen molar-refractivity contribution in [1.82, 2.24) is 26.6 Å². The van der Waals surface area contributed by atoms with Crippen LogP contribution in [0.3, 0.4) is 0 Å². The van der Waals surface area contributed by atoms with Gasteiger partial charge in [0.05, 0.1) is 16.7 Å². The van der Waals surface area contributed by atoms with Crippen LogP contribution in [0.1, 0.15) is 219 Å². The molecule has 0 aromatic heterocycles. The van der Waals surface area contributed by atoms with Crippen LogP contribution in [-0.4, -0.2) is 109 Å². The number of nitrogen functional groups attached to an aromatic ring is 1. The van der Waals surface area contributed by atoms with E-state index in [1.807, 2.05) is 6.92 Å². The first-order valence-corrected chi connectivity index (χ1v) is 39.1. The normalized spacial score (nSPS) is 12.1. The summed E-state index contributed by atoms with van der Waals surface area (Å²) in [5.41, 5.74) is 2.64. The number of alkyl carbamates (subject to hydrolysis) is 5. The van der Waals surface area contributed by atoms with Crippen molar-refractivity contribution in [3.05, 3.63) is 147 Å². The highest BCUT2D eigenvalue weighted by Gasteiger charge is 2.36. The van der Waals surface area contributed by atoms with Gasteiger partial charge in [0.2, 0.25) is 0 Å². The van der Waals surface area contributed by atoms with E-state index in [4.69, 9.17) is 38.9 Å². The van der Waals surface area contributed by atoms with Crippen molar-refractivity contribution in [2.75, 3.05) is 49.5 Å². The maximum Gasteiger partial charge on any atom is 0.418 e. The van der Waals surface area contributed by atoms with E-state index in [0.717, 1.165) is 30.3 Å². The first-order valence-electron chi connectivity index (χ1n) is 38.1. The molecule has 0 aliphatic heterocycles. The molecule has 0 heterocycles. The molecule has 21 nitrogen and oxygen atoms in total. The monoisotopic (exact) mass is 1650 g/mol. The van der Waals surface area contributed by atoms with Crippen LogP contribution in [0.4, 0.5) is 74.9 Å². The number of nitrogens with one attached hydrogen (secondary N) is 6. The summed E-state index contributed by atoms with van der Waals surface area (Å²) < 4.78 is 166. The Morgan fingerprint density at radius 3 is 1.37 bits per heavy atom. The summed E-state index contributed by atoms with van der Waals surface area (Å²) in [6, 6.07) is 18.5. The van der Waals surface area contributed by atoms with Crippen molar-refractivity contribution < 1.29 is 106 Å². The lowest BCUT2D eigenvalue weighted by molar-refractivity contribution is -0.138. The molecular formula is C84H114F9N7O14S. The number of halogens is 9. The predicted octanol–water partition coefficient (Wildman–Crippen LogP) is 20.9. The molecule has 638 valence electrons. The van der Waals surface area contributed by atoms with Gasteiger partial charge in [-0.15, -0.1) is 11.8 Å². The number of ether oxygens (including phenoxy) is 7. The maximum atomic E-state index is 14.4. The van der Waals surface area contributed by atoms with E-state index in [1.54, 1.807) is 140 Å². The van der Waals surface area contributed by atoms with Crippen LogP contribution in [-0.2, 0) is 90.3 Å². The number of nitrogens with two attached hydrogens (primary N) is 1. The highest BCUT2D eigenvalue weighted by atomic mass is 32.2. The Labute approximate surface area is 673 Å². The van der Waals surface area contributed by atoms with Crippen molar-refractivity contribution in [2.45, 2.75) is 259 Å². The molecule has 0 spiro atoms. The lowest BCUT2D eigenvalue weighted by Crippen LogP contribution is -2.35. The van der Waals surface area contributed by atoms with Crippen LogP contribution in [0.5, 0.6) is 23.0 Å². The number of amides is 5. The van der Waals surface area contributed by atoms with E-state index >= 15 is 0 Å². The fraction of sp³-hybridized carbons (Fsp3) is 0.536. The number of benzene rings is 5. The van der Waals surface area contributed by atoms with Crippen LogP contribution in [0.25, 0.3) is 0 Å². The van der Waals surface area contributed by atoms with Gasteiger partial charge in [-0.3, -0.25) is 14.9 Å². The number of alkyl halides is 9. The number of allylic oxidation sites excluding steroid dienone is 1. The van der Waals surface area contributed by atoms with Crippen LogP contribution < -0.4 is 47.1 Å². The van der Waals surface area contributed by atoms with Gasteiger partial charge in [0, 0.05) is 80.4 Å². The van der Waals surface area contributed by atoms with E-state index in [2.05, 4.69) is 38.5 Å². The van der Waals surface area contributed by atoms with Crippen LogP contribution >= 0.6 is 11.8 Å². The van der Waals surface area contributed by atoms with Gasteiger partial charge >= 0.3 is 49.0 Å². The fourth-order valence-electron chi connectivity index (χ4n) is 11.0. The summed E-state index contributed by atoms with van der Waals surface area (Å²) in [4.78, 5) is 87.8. The van der Waals surface area contributed by atoms with Crippen molar-refractivity contribution in [1.29, 1.82) is 0 Å². The number of ketones is 2. The Kier molecular flexibility index (Phi) is 37.4. The van der Waals surface area contributed by atoms with Gasteiger partial charge in [0.25, 0.3) is 0 Å². The van der Waals surface area contributed by atoms with Crippen molar-refractivity contribution in [3.8, 4) is 23.0 Å². The third-order valence-electron chi connectivity index (χ3n) is 15.6. The Morgan fingerprint density at radius 2 is 0.870 bits per heavy atom. The molecule has 0 aliphatic rings. The molecule has 0 saturated heterocycles. The zero-order chi connectivity index (χ0) is 86.5. The molecule has 31 heteroatoms. The van der Waals surface area contributed by atoms with Crippen LogP contribution in [0.15, 0.2) is 102 Å². The first kappa shape index (κ1) is 97.8. The summed E-state index contributed by atoms with van der Waals surface area (Å²) >= 11 is 1.28. The van der Waals surface area contributed by atoms with Gasteiger partial charge in [0.15, 0.2) is 0 Å². The highest BCUT2D eigenvalue weighted by molar-refractivity contribution is 7.99. The molecule has 0 radical (unpaired) electrons. The minimum absolute atomic E-state index is 0.0304. The lowest BCUT2D eigenvalue weighted by atomic mass is 9.95. The topological polar surface area (TPSA) is 282 Å². The van der Waals surface area contributed by atoms with E-state index in [1.165, 1.54) is 30.0 Å². The SMILES string of the molecule is C=C(CCCCCC(=O)Cc1cc(C(F)(F)F)cc(CC(=O)Cc2ccc(Oc3ccc(NCCNC(=O)OC(C)(C)C)c(C(F)(F)F)c3)c(CCCNC(=O)OC(C)(C)C)c2)c1SCCC)NC(=O)OC(C)(C)C.CC(C)(C)OC(=O)NCCCc1cc(Oc2ccc(N)cc2CCCNC(=O)OC(C)(C)C)cc(C(F)(F)F)c1. The standard InChI is InChI=1S/C55H74F6N4O9S.C29H40F3N3O5/c1-12-27-75-47-38(32-41(66)19-15-13-14-17-35(2)65-50(70)74-53(9,10)11)30-40(54(56,57)58)31-39(47)33-42(67)29-36-20-23-46(37(28-36)18-16-24-63-48(68)72-51(3,4)5)71-43-21-22-45(44(34-43)55(59,60)61)62-25-26-64-49(69)73-52(6,7)8;1-27(2,3)39-25(36)34-13-7-9-19-15-21(29(30,31)32)18-23(16-19)38-24-12-11-22(33)17-20(24)10-8-14-35-26(37)40-28(4,5)6/h20-23,28,30-31,34,62H,2,12-19,24-27,29,32-33H2,1,3-11H3,(H,63,68)(H,64,69)(H,65,70);11-12,15-18H,7-10,13-14,33H2,1-6H3,(H,34,36)(H,35,37). The number of hydrogen-bond donors (Lipinski definition) is 7. The Bertz CT molecular complexity index is 4080. The zero-order valence-electron chi connectivity index (χ0n) is 68.7. The van der Waals surface area contributed by atoms with Gasteiger partial charge in [-0.2, -0.15) is 39.5 Å². The van der Waals surface area contributed by atoms with Gasteiger partial charge in [-0.1, -0.05) is 32.1 Å². The number of aryl methyl sites for hydroxylation is 3. The minimum Gasteiger partial charge on any atom is -0.457 e. The van der Waals surface area contributed by atoms with E-state index in [0.29, 0.717) is 114 Å². The van der Waals surface area contributed by atoms with Crippen molar-refractivity contribution in [3.63, 3.8) is 0 Å². The Morgan fingerprint density at radius 1 is 0.417 bits per heavy atom. The molecule has 5 aromatic carbocycles. The molecule has 5 rings (SSSR count). The molecular weight excluding hydrogens is 1530 g/mol. The summed E-state index contributed by atoms with van der Waals surface area (Å²) in [5, 5.41) is 15.7. The van der Waals surface area contributed by atoms with E-state index in [-0.39, 0.29) is 105 Å². The minimum atomic E-state index is -4.81. The van der Waals surface area contributed by atoms with Crippen LogP contribution in [0, 0.1) is 0 Å². The molecule has 0 atom stereocenters. The number of Topliss-reactive ketones (excluding diaryl/α,β-unsaturated/α-hetero) is 2. The van der Waals surface area contributed by atoms with Gasteiger partial charge in [-0.25, -0.2) is 24.0 Å². The molecule has 5 amide bonds. The molecule has 5 aromatic rings. The zero-order valence-corrected chi connectivity index (χ0v) is 69.6. The number of carbonyl (C=O) groups excluding carboxylic acids is 7. The average Bonchev–Trinajstić information content (AvgIpc) is 0.808. The van der Waals surface area contributed by atoms with Crippen molar-refractivity contribution in [2.24, 2.45) is 0 Å². The van der Waals surface area contributed by atoms with Gasteiger partial charge < -0.3 is 65.5 Å². The average molecular weight is 1650 g/mol. The lowest BCUT2D eigenvalue weighted by Gasteiger charge is -2.20. The van der Waals surface area contributed by atoms with Gasteiger partial charge in [-0.05, 0) is 280 Å². The third kappa shape index (κ3) is 40.5. The molecule has 0 aliphatic carbocycles. The maximum absolute atomic E-state index is 14.4. The second-order valence-corrected chi connectivity index (χ2v) is 33.5. The van der Waals surface area contributed by atoms with Crippen molar-refractivity contribution >= 4 is 65.2 Å². The van der Waals surface area contributed by atoms with Gasteiger partial charge in [0.1, 0.15) is 62.6 Å². The summed E-state index contributed by atoms with van der Waals surface area (Å²) in [6.45, 7) is 32.2. The highest BCUT2D eigenvalue weighted by Crippen LogP contribution is 2.41. The molecule has 0 fully saturated rings. The molecule has 0 saturated carbocycles. The smallest absolute Gasteiger partial charge is 0.418 e. The number of hydrogen-bond acceptors (Lipinski definition) is 17. The summed E-state index contributed by atoms with van der Waals surface area (Å²) in [7, 11) is 0. The largest absolute Gasteiger partial charge is 0.457 e. The number of unbranched alkanes of at least 4 members (excludes halogenated alkanes) is 2. The Balaban J connectivity index is 0.000000583. The number of carbonyl (C=O) groups is 7. The predicted molar refractivity (Wildman–Crippen MR) is 426 cm³/mol. The number of rotatable bonds is 36. The molecule has 8 N–H and O–H groups in total. The molecule has 0 bridgehead atoms. The first-order chi connectivity index (χ1) is 53.1. The molecule has 0 unspecified atom stereocenters. The van der Waals surface area contributed by atoms with Crippen LogP contribution in [0.2, 0.25) is 0 Å². The van der Waals surface area contributed by atoms with E-state index in [9.17, 15) is 73.1 Å². The van der Waals surface area contributed by atoms with E-state index < -0.39 is 99.5 Å². The Hall–Kier alpha value is -9.55. The second-order valence-electron chi connectivity index (χ2n) is 32.4. The number of thioether (sulfide) groups is 1. The molecule has 115 heavy (non-hydrogen) atoms.